The minimum atomic E-state index is -0.0972. The first-order valence-corrected chi connectivity index (χ1v) is 4.29. The maximum atomic E-state index is 11.6. The third kappa shape index (κ3) is 1.26. The molecule has 1 heterocycles. The molecule has 0 aromatic heterocycles. The van der Waals surface area contributed by atoms with Crippen molar-refractivity contribution in [3.05, 3.63) is 36.2 Å². The zero-order chi connectivity index (χ0) is 9.42. The van der Waals surface area contributed by atoms with Crippen LogP contribution < -0.4 is 5.73 Å². The highest BCUT2D eigenvalue weighted by molar-refractivity contribution is 5.83. The molecule has 2 N–H and O–H groups in total. The van der Waals surface area contributed by atoms with Crippen LogP contribution in [-0.4, -0.2) is 17.9 Å². The van der Waals surface area contributed by atoms with E-state index in [2.05, 4.69) is 0 Å². The van der Waals surface area contributed by atoms with Crippen molar-refractivity contribution in [2.75, 3.05) is 7.05 Å². The minimum absolute atomic E-state index is 0.0972. The average molecular weight is 176 g/mol. The van der Waals surface area contributed by atoms with Crippen LogP contribution in [0.5, 0.6) is 0 Å². The van der Waals surface area contributed by atoms with Crippen LogP contribution in [0.4, 0.5) is 0 Å². The second-order valence-electron chi connectivity index (χ2n) is 3.42. The van der Waals surface area contributed by atoms with Gasteiger partial charge < -0.3 is 10.6 Å². The highest BCUT2D eigenvalue weighted by atomic mass is 16.2. The standard InChI is InChI=1S/C10H12N2O/c1-12-5-4-7-2-3-8(11)6-9(7)10(12)13/h2-7,9H,11H2,1H3. The zero-order valence-corrected chi connectivity index (χ0v) is 7.47. The van der Waals surface area contributed by atoms with Gasteiger partial charge in [0.1, 0.15) is 0 Å². The van der Waals surface area contributed by atoms with E-state index in [-0.39, 0.29) is 17.7 Å². The van der Waals surface area contributed by atoms with Crippen molar-refractivity contribution >= 4 is 5.91 Å². The van der Waals surface area contributed by atoms with Gasteiger partial charge in [0.05, 0.1) is 5.92 Å². The normalized spacial score (nSPS) is 31.6. The lowest BCUT2D eigenvalue weighted by molar-refractivity contribution is -0.131. The maximum absolute atomic E-state index is 11.6. The molecule has 0 fully saturated rings. The van der Waals surface area contributed by atoms with E-state index in [0.717, 1.165) is 0 Å². The van der Waals surface area contributed by atoms with Gasteiger partial charge in [0.15, 0.2) is 0 Å². The Kier molecular flexibility index (Phi) is 1.72. The second-order valence-corrected chi connectivity index (χ2v) is 3.42. The molecule has 0 spiro atoms. The predicted molar refractivity (Wildman–Crippen MR) is 50.3 cm³/mol. The molecule has 0 radical (unpaired) electrons. The summed E-state index contributed by atoms with van der Waals surface area (Å²) in [6.45, 7) is 0. The summed E-state index contributed by atoms with van der Waals surface area (Å²) >= 11 is 0. The molecule has 3 heteroatoms. The van der Waals surface area contributed by atoms with Crippen molar-refractivity contribution in [3.63, 3.8) is 0 Å². The molecule has 68 valence electrons. The van der Waals surface area contributed by atoms with E-state index in [9.17, 15) is 4.79 Å². The molecule has 0 aromatic carbocycles. The van der Waals surface area contributed by atoms with E-state index in [4.69, 9.17) is 5.73 Å². The Morgan fingerprint density at radius 1 is 1.46 bits per heavy atom. The number of allylic oxidation sites excluding steroid dienone is 3. The SMILES string of the molecule is CN1C=CC2C=CC(N)=CC2C1=O. The summed E-state index contributed by atoms with van der Waals surface area (Å²) in [5.74, 6) is 0.204. The molecule has 0 aromatic rings. The number of rotatable bonds is 0. The highest BCUT2D eigenvalue weighted by Gasteiger charge is 2.30. The van der Waals surface area contributed by atoms with E-state index in [1.54, 1.807) is 11.9 Å². The summed E-state index contributed by atoms with van der Waals surface area (Å²) in [6, 6.07) is 0. The largest absolute Gasteiger partial charge is 0.399 e. The molecular weight excluding hydrogens is 164 g/mol. The molecule has 2 atom stereocenters. The molecular formula is C10H12N2O. The molecule has 0 bridgehead atoms. The summed E-state index contributed by atoms with van der Waals surface area (Å²) < 4.78 is 0. The van der Waals surface area contributed by atoms with Crippen molar-refractivity contribution in [2.45, 2.75) is 0 Å². The van der Waals surface area contributed by atoms with Gasteiger partial charge in [-0.05, 0) is 12.2 Å². The van der Waals surface area contributed by atoms with Crippen LogP contribution in [-0.2, 0) is 4.79 Å². The molecule has 2 unspecified atom stereocenters. The quantitative estimate of drug-likeness (QED) is 0.588. The molecule has 2 rings (SSSR count). The van der Waals surface area contributed by atoms with Crippen LogP contribution in [0.25, 0.3) is 0 Å². The van der Waals surface area contributed by atoms with Crippen molar-refractivity contribution in [1.29, 1.82) is 0 Å². The first kappa shape index (κ1) is 8.10. The third-order valence-corrected chi connectivity index (χ3v) is 2.46. The first-order chi connectivity index (χ1) is 6.18. The van der Waals surface area contributed by atoms with Crippen LogP contribution in [0.3, 0.4) is 0 Å². The molecule has 1 amide bonds. The van der Waals surface area contributed by atoms with Crippen LogP contribution in [0.1, 0.15) is 0 Å². The molecule has 0 saturated heterocycles. The fraction of sp³-hybridized carbons (Fsp3) is 0.300. The number of carbonyl (C=O) groups is 1. The van der Waals surface area contributed by atoms with Crippen molar-refractivity contribution < 1.29 is 4.79 Å². The van der Waals surface area contributed by atoms with E-state index < -0.39 is 0 Å². The van der Waals surface area contributed by atoms with Crippen LogP contribution in [0.2, 0.25) is 0 Å². The molecule has 1 aliphatic carbocycles. The summed E-state index contributed by atoms with van der Waals surface area (Å²) in [4.78, 5) is 13.2. The topological polar surface area (TPSA) is 46.3 Å². The Labute approximate surface area is 77.2 Å². The molecule has 1 aliphatic heterocycles. The van der Waals surface area contributed by atoms with Gasteiger partial charge in [-0.2, -0.15) is 0 Å². The van der Waals surface area contributed by atoms with Crippen molar-refractivity contribution in [3.8, 4) is 0 Å². The second kappa shape index (κ2) is 2.76. The number of hydrogen-bond acceptors (Lipinski definition) is 2. The Hall–Kier alpha value is -1.51. The summed E-state index contributed by atoms with van der Waals surface area (Å²) in [5, 5.41) is 0. The Morgan fingerprint density at radius 2 is 2.23 bits per heavy atom. The van der Waals surface area contributed by atoms with Crippen molar-refractivity contribution in [2.24, 2.45) is 17.6 Å². The Morgan fingerprint density at radius 3 is 3.00 bits per heavy atom. The highest BCUT2D eigenvalue weighted by Crippen LogP contribution is 2.27. The number of nitrogens with zero attached hydrogens (tertiary/aromatic N) is 1. The van der Waals surface area contributed by atoms with E-state index in [1.165, 1.54) is 0 Å². The smallest absolute Gasteiger partial charge is 0.234 e. The lowest BCUT2D eigenvalue weighted by Crippen LogP contribution is -2.36. The number of fused-ring (bicyclic) bond motifs is 1. The van der Waals surface area contributed by atoms with Gasteiger partial charge in [-0.15, -0.1) is 0 Å². The minimum Gasteiger partial charge on any atom is -0.399 e. The van der Waals surface area contributed by atoms with E-state index in [1.807, 2.05) is 30.5 Å². The fourth-order valence-corrected chi connectivity index (χ4v) is 1.67. The van der Waals surface area contributed by atoms with Crippen molar-refractivity contribution in [1.82, 2.24) is 4.90 Å². The van der Waals surface area contributed by atoms with Crippen LogP contribution in [0.15, 0.2) is 36.2 Å². The van der Waals surface area contributed by atoms with Crippen LogP contribution in [0, 0.1) is 11.8 Å². The lowest BCUT2D eigenvalue weighted by Gasteiger charge is -2.29. The van der Waals surface area contributed by atoms with E-state index in [0.29, 0.717) is 5.70 Å². The van der Waals surface area contributed by atoms with Gasteiger partial charge in [0.25, 0.3) is 0 Å². The fourth-order valence-electron chi connectivity index (χ4n) is 1.67. The third-order valence-electron chi connectivity index (χ3n) is 2.46. The Balaban J connectivity index is 2.35. The van der Waals surface area contributed by atoms with Gasteiger partial charge in [0.2, 0.25) is 5.91 Å². The van der Waals surface area contributed by atoms with E-state index >= 15 is 0 Å². The maximum Gasteiger partial charge on any atom is 0.234 e. The van der Waals surface area contributed by atoms with Gasteiger partial charge in [-0.25, -0.2) is 0 Å². The number of nitrogens with two attached hydrogens (primary N) is 1. The zero-order valence-electron chi connectivity index (χ0n) is 7.47. The van der Waals surface area contributed by atoms with Crippen LogP contribution >= 0.6 is 0 Å². The van der Waals surface area contributed by atoms with Gasteiger partial charge >= 0.3 is 0 Å². The first-order valence-electron chi connectivity index (χ1n) is 4.29. The summed E-state index contributed by atoms with van der Waals surface area (Å²) in [6.07, 6.45) is 9.48. The predicted octanol–water partition coefficient (Wildman–Crippen LogP) is 0.617. The molecule has 13 heavy (non-hydrogen) atoms. The van der Waals surface area contributed by atoms with Gasteiger partial charge in [-0.3, -0.25) is 4.79 Å². The monoisotopic (exact) mass is 176 g/mol. The molecule has 0 saturated carbocycles. The van der Waals surface area contributed by atoms with Gasteiger partial charge in [-0.1, -0.05) is 12.2 Å². The van der Waals surface area contributed by atoms with Gasteiger partial charge in [0, 0.05) is 24.9 Å². The summed E-state index contributed by atoms with van der Waals surface area (Å²) in [5.41, 5.74) is 6.31. The number of carbonyl (C=O) groups excluding carboxylic acids is 1. The average Bonchev–Trinajstić information content (AvgIpc) is 2.12. The summed E-state index contributed by atoms with van der Waals surface area (Å²) in [7, 11) is 1.76. The Bertz CT molecular complexity index is 328. The number of hydrogen-bond donors (Lipinski definition) is 1. The molecule has 2 aliphatic rings. The lowest BCUT2D eigenvalue weighted by atomic mass is 9.84. The number of amides is 1. The molecule has 3 nitrogen and oxygen atoms in total.